The van der Waals surface area contributed by atoms with Gasteiger partial charge in [-0.3, -0.25) is 15.0 Å². The summed E-state index contributed by atoms with van der Waals surface area (Å²) in [5.74, 6) is -1.62. The molecule has 0 aliphatic carbocycles. The van der Waals surface area contributed by atoms with E-state index in [0.29, 0.717) is 0 Å². The SMILES string of the molecule is CC(C)[C@H](NC(=O)OCc1ccccc1)C(=O)NN(Cc1ccccc1)C[C@H](O)[C@H](Cc1ccccc1)NC(=O)[C@H](NC(=O)OCc1ccccc1)C(C)C. The fourth-order valence-electron chi connectivity index (χ4n) is 5.81. The Bertz CT molecular complexity index is 1760. The van der Waals surface area contributed by atoms with Crippen molar-refractivity contribution >= 4 is 24.0 Å². The fourth-order valence-corrected chi connectivity index (χ4v) is 5.81. The Balaban J connectivity index is 1.49. The summed E-state index contributed by atoms with van der Waals surface area (Å²) in [6.45, 7) is 7.42. The van der Waals surface area contributed by atoms with E-state index in [0.717, 1.165) is 22.3 Å². The number of carbonyl (C=O) groups excluding carboxylic acids is 4. The molecule has 4 rings (SSSR count). The van der Waals surface area contributed by atoms with Gasteiger partial charge in [-0.25, -0.2) is 14.6 Å². The lowest BCUT2D eigenvalue weighted by molar-refractivity contribution is -0.131. The summed E-state index contributed by atoms with van der Waals surface area (Å²) in [5, 5.41) is 21.8. The lowest BCUT2D eigenvalue weighted by atomic mass is 9.98. The first-order valence-electron chi connectivity index (χ1n) is 18.5. The molecule has 4 aromatic rings. The van der Waals surface area contributed by atoms with Crippen LogP contribution >= 0.6 is 0 Å². The number of amides is 4. The summed E-state index contributed by atoms with van der Waals surface area (Å²) in [4.78, 5) is 53.2. The average molecular weight is 752 g/mol. The standard InChI is InChI=1S/C43H53N5O7/c1-30(2)38(45-42(52)54-28-34-21-13-7-14-22-34)40(50)44-36(25-32-17-9-5-10-18-32)37(49)27-48(26-33-19-11-6-12-20-33)47-41(51)39(31(3)4)46-43(53)55-29-35-23-15-8-16-24-35/h5-24,30-31,36-39,49H,25-29H2,1-4H3,(H,44,50)(H,45,52)(H,46,53)(H,47,51)/t36-,37-,38+,39-/m0/s1. The number of benzene rings is 4. The molecule has 0 aliphatic rings. The summed E-state index contributed by atoms with van der Waals surface area (Å²) in [6.07, 6.45) is -2.43. The molecule has 292 valence electrons. The molecule has 12 nitrogen and oxygen atoms in total. The van der Waals surface area contributed by atoms with Crippen LogP contribution in [0.5, 0.6) is 0 Å². The molecule has 4 aromatic carbocycles. The van der Waals surface area contributed by atoms with Crippen LogP contribution in [-0.2, 0) is 45.2 Å². The second-order valence-corrected chi connectivity index (χ2v) is 14.1. The Morgan fingerprint density at radius 3 is 1.40 bits per heavy atom. The topological polar surface area (TPSA) is 158 Å². The Hall–Kier alpha value is -5.72. The van der Waals surface area contributed by atoms with Gasteiger partial charge in [-0.15, -0.1) is 0 Å². The Morgan fingerprint density at radius 2 is 0.964 bits per heavy atom. The van der Waals surface area contributed by atoms with Gasteiger partial charge in [0.15, 0.2) is 0 Å². The summed E-state index contributed by atoms with van der Waals surface area (Å²) in [5.41, 5.74) is 6.23. The van der Waals surface area contributed by atoms with Crippen molar-refractivity contribution in [2.45, 2.75) is 78.1 Å². The van der Waals surface area contributed by atoms with E-state index in [9.17, 15) is 24.3 Å². The van der Waals surface area contributed by atoms with Crippen LogP contribution in [0, 0.1) is 11.8 Å². The van der Waals surface area contributed by atoms with E-state index >= 15 is 0 Å². The summed E-state index contributed by atoms with van der Waals surface area (Å²) in [7, 11) is 0. The molecule has 0 bridgehead atoms. The Kier molecular flexibility index (Phi) is 16.7. The minimum absolute atomic E-state index is 0.0412. The van der Waals surface area contributed by atoms with E-state index in [1.807, 2.05) is 121 Å². The smallest absolute Gasteiger partial charge is 0.408 e. The first-order chi connectivity index (χ1) is 26.5. The number of hydrogen-bond donors (Lipinski definition) is 5. The summed E-state index contributed by atoms with van der Waals surface area (Å²) < 4.78 is 10.8. The van der Waals surface area contributed by atoms with Crippen molar-refractivity contribution in [3.8, 4) is 0 Å². The maximum absolute atomic E-state index is 13.8. The fraction of sp³-hybridized carbons (Fsp3) is 0.349. The van der Waals surface area contributed by atoms with E-state index in [1.54, 1.807) is 32.7 Å². The van der Waals surface area contributed by atoms with Crippen LogP contribution in [0.3, 0.4) is 0 Å². The summed E-state index contributed by atoms with van der Waals surface area (Å²) >= 11 is 0. The van der Waals surface area contributed by atoms with Crippen molar-refractivity contribution < 1.29 is 33.8 Å². The van der Waals surface area contributed by atoms with Gasteiger partial charge in [0.25, 0.3) is 5.91 Å². The molecule has 0 saturated heterocycles. The van der Waals surface area contributed by atoms with Crippen LogP contribution in [-0.4, -0.2) is 64.9 Å². The van der Waals surface area contributed by atoms with Gasteiger partial charge < -0.3 is 30.5 Å². The molecule has 0 unspecified atom stereocenters. The highest BCUT2D eigenvalue weighted by molar-refractivity contribution is 5.86. The van der Waals surface area contributed by atoms with Crippen molar-refractivity contribution in [2.24, 2.45) is 11.8 Å². The number of ether oxygens (including phenoxy) is 2. The van der Waals surface area contributed by atoms with Crippen LogP contribution in [0.2, 0.25) is 0 Å². The maximum Gasteiger partial charge on any atom is 0.408 e. The number of nitrogens with one attached hydrogen (secondary N) is 4. The maximum atomic E-state index is 13.8. The zero-order valence-electron chi connectivity index (χ0n) is 31.9. The molecule has 55 heavy (non-hydrogen) atoms. The zero-order chi connectivity index (χ0) is 39.6. The van der Waals surface area contributed by atoms with Crippen LogP contribution in [0.15, 0.2) is 121 Å². The van der Waals surface area contributed by atoms with E-state index in [1.165, 1.54) is 0 Å². The summed E-state index contributed by atoms with van der Waals surface area (Å²) in [6, 6.07) is 34.5. The van der Waals surface area contributed by atoms with Crippen LogP contribution in [0.25, 0.3) is 0 Å². The number of nitrogens with zero attached hydrogens (tertiary/aromatic N) is 1. The second-order valence-electron chi connectivity index (χ2n) is 14.1. The van der Waals surface area contributed by atoms with Crippen molar-refractivity contribution in [2.75, 3.05) is 6.54 Å². The van der Waals surface area contributed by atoms with E-state index < -0.39 is 48.2 Å². The van der Waals surface area contributed by atoms with Crippen LogP contribution in [0.4, 0.5) is 9.59 Å². The third-order valence-corrected chi connectivity index (χ3v) is 8.85. The number of aliphatic hydroxyl groups is 1. The number of hydrogen-bond acceptors (Lipinski definition) is 8. The molecule has 0 radical (unpaired) electrons. The number of alkyl carbamates (subject to hydrolysis) is 2. The van der Waals surface area contributed by atoms with Crippen molar-refractivity contribution in [1.82, 2.24) is 26.4 Å². The quantitative estimate of drug-likeness (QED) is 0.0786. The van der Waals surface area contributed by atoms with Gasteiger partial charge in [0, 0.05) is 13.1 Å². The van der Waals surface area contributed by atoms with E-state index in [2.05, 4.69) is 21.4 Å². The largest absolute Gasteiger partial charge is 0.445 e. The third-order valence-electron chi connectivity index (χ3n) is 8.85. The first kappa shape index (κ1) is 42.0. The van der Waals surface area contributed by atoms with Gasteiger partial charge in [0.05, 0.1) is 12.1 Å². The van der Waals surface area contributed by atoms with Gasteiger partial charge >= 0.3 is 12.2 Å². The van der Waals surface area contributed by atoms with Crippen LogP contribution in [0.1, 0.15) is 49.9 Å². The van der Waals surface area contributed by atoms with Gasteiger partial charge in [-0.2, -0.15) is 0 Å². The molecule has 0 fully saturated rings. The molecule has 12 heteroatoms. The normalized spacial score (nSPS) is 13.3. The Labute approximate surface area is 323 Å². The molecular formula is C43H53N5O7. The lowest BCUT2D eigenvalue weighted by Gasteiger charge is -2.33. The number of rotatable bonds is 19. The second kappa shape index (κ2) is 21.9. The average Bonchev–Trinajstić information content (AvgIpc) is 3.18. The number of hydrazine groups is 1. The molecule has 0 aliphatic heterocycles. The molecule has 4 amide bonds. The van der Waals surface area contributed by atoms with Gasteiger partial charge in [-0.05, 0) is 40.5 Å². The van der Waals surface area contributed by atoms with Gasteiger partial charge in [0.1, 0.15) is 25.3 Å². The van der Waals surface area contributed by atoms with Gasteiger partial charge in [0.2, 0.25) is 5.91 Å². The first-order valence-corrected chi connectivity index (χ1v) is 18.5. The highest BCUT2D eigenvalue weighted by atomic mass is 16.6. The minimum Gasteiger partial charge on any atom is -0.445 e. The molecule has 0 aromatic heterocycles. The predicted octanol–water partition coefficient (Wildman–Crippen LogP) is 5.51. The minimum atomic E-state index is -1.20. The number of aliphatic hydroxyl groups excluding tert-OH is 1. The molecule has 5 N–H and O–H groups in total. The molecule has 0 spiro atoms. The number of carbonyl (C=O) groups is 4. The van der Waals surface area contributed by atoms with Crippen molar-refractivity contribution in [3.63, 3.8) is 0 Å². The van der Waals surface area contributed by atoms with Gasteiger partial charge in [-0.1, -0.05) is 149 Å². The highest BCUT2D eigenvalue weighted by Gasteiger charge is 2.32. The lowest BCUT2D eigenvalue weighted by Crippen LogP contribution is -2.59. The van der Waals surface area contributed by atoms with Crippen LogP contribution < -0.4 is 21.4 Å². The van der Waals surface area contributed by atoms with E-state index in [-0.39, 0.29) is 44.6 Å². The third kappa shape index (κ3) is 14.6. The Morgan fingerprint density at radius 1 is 0.564 bits per heavy atom. The molecule has 0 saturated carbocycles. The molecule has 4 atom stereocenters. The monoisotopic (exact) mass is 751 g/mol. The predicted molar refractivity (Wildman–Crippen MR) is 210 cm³/mol. The molecule has 0 heterocycles. The van der Waals surface area contributed by atoms with Crippen molar-refractivity contribution in [3.05, 3.63) is 144 Å². The molecular weight excluding hydrogens is 699 g/mol. The zero-order valence-corrected chi connectivity index (χ0v) is 31.9. The highest BCUT2D eigenvalue weighted by Crippen LogP contribution is 2.13. The van der Waals surface area contributed by atoms with E-state index in [4.69, 9.17) is 9.47 Å². The van der Waals surface area contributed by atoms with Crippen molar-refractivity contribution in [1.29, 1.82) is 0 Å².